The zero-order valence-electron chi connectivity index (χ0n) is 6.75. The van der Waals surface area contributed by atoms with E-state index < -0.39 is 23.7 Å². The highest BCUT2D eigenvalue weighted by Gasteiger charge is 2.37. The molecular formula is C7H2BrF5IN. The highest BCUT2D eigenvalue weighted by atomic mass is 127. The molecule has 0 amide bonds. The molecule has 0 aliphatic rings. The molecule has 0 radical (unpaired) electrons. The van der Waals surface area contributed by atoms with Crippen LogP contribution >= 0.6 is 38.5 Å². The number of rotatable bonds is 1. The van der Waals surface area contributed by atoms with Crippen LogP contribution in [-0.2, 0) is 6.18 Å². The van der Waals surface area contributed by atoms with Crippen LogP contribution in [0.5, 0.6) is 0 Å². The first-order valence-corrected chi connectivity index (χ1v) is 5.31. The Kier molecular flexibility index (Phi) is 3.90. The second-order valence-corrected chi connectivity index (χ2v) is 4.32. The van der Waals surface area contributed by atoms with Crippen molar-refractivity contribution in [2.24, 2.45) is 0 Å². The van der Waals surface area contributed by atoms with E-state index in [1.54, 1.807) is 0 Å². The summed E-state index contributed by atoms with van der Waals surface area (Å²) in [6, 6.07) is 0. The van der Waals surface area contributed by atoms with Crippen molar-refractivity contribution in [2.75, 3.05) is 0 Å². The van der Waals surface area contributed by atoms with Crippen molar-refractivity contribution in [3.05, 3.63) is 25.5 Å². The third-order valence-electron chi connectivity index (χ3n) is 1.54. The summed E-state index contributed by atoms with van der Waals surface area (Å²) in [6.07, 6.45) is -7.61. The summed E-state index contributed by atoms with van der Waals surface area (Å²) in [4.78, 5) is 3.34. The van der Waals surface area contributed by atoms with Crippen LogP contribution in [0.2, 0.25) is 0 Å². The summed E-state index contributed by atoms with van der Waals surface area (Å²) >= 11 is 4.19. The third kappa shape index (κ3) is 2.77. The molecule has 8 heteroatoms. The topological polar surface area (TPSA) is 12.9 Å². The number of halogens is 7. The lowest BCUT2D eigenvalue weighted by Crippen LogP contribution is -2.12. The van der Waals surface area contributed by atoms with Gasteiger partial charge in [-0.25, -0.2) is 13.8 Å². The zero-order chi connectivity index (χ0) is 11.8. The van der Waals surface area contributed by atoms with Gasteiger partial charge in [0.2, 0.25) is 0 Å². The average molecular weight is 402 g/mol. The third-order valence-corrected chi connectivity index (χ3v) is 3.97. The Morgan fingerprint density at radius 1 is 1.33 bits per heavy atom. The van der Waals surface area contributed by atoms with Crippen LogP contribution in [-0.4, -0.2) is 4.98 Å². The molecule has 0 saturated heterocycles. The van der Waals surface area contributed by atoms with Crippen molar-refractivity contribution in [2.45, 2.75) is 12.6 Å². The number of hydrogen-bond donors (Lipinski definition) is 0. The Hall–Kier alpha value is 0.01000. The molecule has 0 atom stereocenters. The van der Waals surface area contributed by atoms with E-state index >= 15 is 0 Å². The molecule has 0 unspecified atom stereocenters. The minimum Gasteiger partial charge on any atom is -0.248 e. The van der Waals surface area contributed by atoms with Crippen LogP contribution in [0.15, 0.2) is 10.8 Å². The first-order valence-electron chi connectivity index (χ1n) is 3.44. The van der Waals surface area contributed by atoms with Gasteiger partial charge in [-0.2, -0.15) is 13.2 Å². The fourth-order valence-corrected chi connectivity index (χ4v) is 1.90. The van der Waals surface area contributed by atoms with Gasteiger partial charge in [0.1, 0.15) is 4.60 Å². The van der Waals surface area contributed by atoms with Gasteiger partial charge in [0.05, 0.1) is 9.13 Å². The summed E-state index contributed by atoms with van der Waals surface area (Å²) in [5.74, 6) is 0. The first kappa shape index (κ1) is 13.1. The molecule has 1 rings (SSSR count). The smallest absolute Gasteiger partial charge is 0.248 e. The molecule has 1 aromatic heterocycles. The maximum atomic E-state index is 12.4. The number of pyridine rings is 1. The molecule has 1 heterocycles. The predicted octanol–water partition coefficient (Wildman–Crippen LogP) is 4.41. The predicted molar refractivity (Wildman–Crippen MR) is 54.6 cm³/mol. The second-order valence-electron chi connectivity index (χ2n) is 2.49. The molecule has 15 heavy (non-hydrogen) atoms. The van der Waals surface area contributed by atoms with E-state index in [1.807, 2.05) is 0 Å². The van der Waals surface area contributed by atoms with Crippen molar-refractivity contribution in [3.8, 4) is 0 Å². The summed E-state index contributed by atoms with van der Waals surface area (Å²) in [7, 11) is 0. The highest BCUT2D eigenvalue weighted by molar-refractivity contribution is 14.1. The van der Waals surface area contributed by atoms with Crippen molar-refractivity contribution in [1.29, 1.82) is 0 Å². The van der Waals surface area contributed by atoms with E-state index in [0.29, 0.717) is 6.20 Å². The van der Waals surface area contributed by atoms with E-state index in [9.17, 15) is 22.0 Å². The van der Waals surface area contributed by atoms with Gasteiger partial charge in [-0.3, -0.25) is 0 Å². The SMILES string of the molecule is FC(F)c1c(C(F)(F)F)cnc(Br)c1I. The number of nitrogens with zero attached hydrogens (tertiary/aromatic N) is 1. The van der Waals surface area contributed by atoms with Crippen molar-refractivity contribution < 1.29 is 22.0 Å². The fourth-order valence-electron chi connectivity index (χ4n) is 0.916. The van der Waals surface area contributed by atoms with Gasteiger partial charge in [-0.1, -0.05) is 0 Å². The molecular weight excluding hydrogens is 400 g/mol. The molecule has 0 aliphatic heterocycles. The van der Waals surface area contributed by atoms with E-state index in [2.05, 4.69) is 20.9 Å². The lowest BCUT2D eigenvalue weighted by molar-refractivity contribution is -0.139. The van der Waals surface area contributed by atoms with Gasteiger partial charge in [-0.05, 0) is 38.5 Å². The monoisotopic (exact) mass is 401 g/mol. The minimum atomic E-state index is -4.82. The Bertz CT molecular complexity index is 378. The fraction of sp³-hybridized carbons (Fsp3) is 0.286. The minimum absolute atomic E-state index is 0.0219. The van der Waals surface area contributed by atoms with Crippen molar-refractivity contribution in [1.82, 2.24) is 4.98 Å². The molecule has 0 saturated carbocycles. The summed E-state index contributed by atoms with van der Waals surface area (Å²) < 4.78 is 61.6. The van der Waals surface area contributed by atoms with E-state index in [4.69, 9.17) is 0 Å². The Balaban J connectivity index is 3.47. The molecule has 0 fully saturated rings. The normalized spacial score (nSPS) is 12.3. The Labute approximate surface area is 103 Å². The molecule has 0 spiro atoms. The van der Waals surface area contributed by atoms with E-state index in [-0.39, 0.29) is 8.17 Å². The number of hydrogen-bond acceptors (Lipinski definition) is 1. The molecule has 0 aromatic carbocycles. The van der Waals surface area contributed by atoms with Crippen molar-refractivity contribution in [3.63, 3.8) is 0 Å². The van der Waals surface area contributed by atoms with E-state index in [0.717, 1.165) is 0 Å². The molecule has 0 N–H and O–H groups in total. The number of alkyl halides is 5. The lowest BCUT2D eigenvalue weighted by Gasteiger charge is -2.13. The second kappa shape index (κ2) is 4.48. The Morgan fingerprint density at radius 3 is 2.27 bits per heavy atom. The van der Waals surface area contributed by atoms with Gasteiger partial charge in [0.15, 0.2) is 0 Å². The van der Waals surface area contributed by atoms with Crippen LogP contribution < -0.4 is 0 Å². The summed E-state index contributed by atoms with van der Waals surface area (Å²) in [5, 5.41) is 0. The van der Waals surface area contributed by atoms with Crippen LogP contribution in [0, 0.1) is 3.57 Å². The summed E-state index contributed by atoms with van der Waals surface area (Å²) in [5.41, 5.74) is -2.44. The number of aromatic nitrogens is 1. The molecule has 1 nitrogen and oxygen atoms in total. The maximum Gasteiger partial charge on any atom is 0.418 e. The van der Waals surface area contributed by atoms with Gasteiger partial charge >= 0.3 is 6.18 Å². The average Bonchev–Trinajstić information content (AvgIpc) is 2.06. The first-order chi connectivity index (χ1) is 6.75. The maximum absolute atomic E-state index is 12.4. The van der Waals surface area contributed by atoms with Gasteiger partial charge in [0.25, 0.3) is 6.43 Å². The van der Waals surface area contributed by atoms with Crippen molar-refractivity contribution >= 4 is 38.5 Å². The van der Waals surface area contributed by atoms with Crippen LogP contribution in [0.3, 0.4) is 0 Å². The van der Waals surface area contributed by atoms with Gasteiger partial charge < -0.3 is 0 Å². The molecule has 1 aromatic rings. The largest absolute Gasteiger partial charge is 0.418 e. The van der Waals surface area contributed by atoms with Gasteiger partial charge in [0, 0.05) is 11.8 Å². The standard InChI is InChI=1S/C7H2BrF5IN/c8-5-4(14)3(6(9)10)2(1-15-5)7(11,12)13/h1,6H. The molecule has 0 aliphatic carbocycles. The van der Waals surface area contributed by atoms with Crippen LogP contribution in [0.1, 0.15) is 17.6 Å². The van der Waals surface area contributed by atoms with Gasteiger partial charge in [-0.15, -0.1) is 0 Å². The molecule has 0 bridgehead atoms. The van der Waals surface area contributed by atoms with E-state index in [1.165, 1.54) is 22.6 Å². The zero-order valence-corrected chi connectivity index (χ0v) is 10.5. The highest BCUT2D eigenvalue weighted by Crippen LogP contribution is 2.39. The quantitative estimate of drug-likeness (QED) is 0.386. The Morgan fingerprint density at radius 2 is 1.87 bits per heavy atom. The summed E-state index contributed by atoms with van der Waals surface area (Å²) in [6.45, 7) is 0. The van der Waals surface area contributed by atoms with Crippen LogP contribution in [0.4, 0.5) is 22.0 Å². The lowest BCUT2D eigenvalue weighted by atomic mass is 10.1. The van der Waals surface area contributed by atoms with Crippen LogP contribution in [0.25, 0.3) is 0 Å². The molecule has 84 valence electrons.